The maximum Gasteiger partial charge on any atom is 0.244 e. The van der Waals surface area contributed by atoms with Gasteiger partial charge in [-0.1, -0.05) is 24.9 Å². The molecule has 8 nitrogen and oxygen atoms in total. The highest BCUT2D eigenvalue weighted by atomic mass is 35.5. The second-order valence-electron chi connectivity index (χ2n) is 10.0. The Balaban J connectivity index is 1.40. The largest absolute Gasteiger partial charge is 0.372 e. The predicted molar refractivity (Wildman–Crippen MR) is 141 cm³/mol. The van der Waals surface area contributed by atoms with E-state index in [1.165, 1.54) is 0 Å². The topological polar surface area (TPSA) is 85.9 Å². The van der Waals surface area contributed by atoms with E-state index >= 15 is 0 Å². The second kappa shape index (κ2) is 9.76. The lowest BCUT2D eigenvalue weighted by molar-refractivity contribution is -0.141. The van der Waals surface area contributed by atoms with E-state index in [9.17, 15) is 4.79 Å². The number of aromatic amines is 1. The number of amides is 1. The van der Waals surface area contributed by atoms with Crippen molar-refractivity contribution in [1.29, 1.82) is 0 Å². The Morgan fingerprint density at radius 3 is 3.03 bits per heavy atom. The van der Waals surface area contributed by atoms with Gasteiger partial charge >= 0.3 is 0 Å². The summed E-state index contributed by atoms with van der Waals surface area (Å²) in [6, 6.07) is 5.21. The number of halogens is 1. The maximum atomic E-state index is 13.6. The average Bonchev–Trinajstić information content (AvgIpc) is 3.41. The molecule has 0 unspecified atom stereocenters. The van der Waals surface area contributed by atoms with Crippen LogP contribution in [0.4, 0.5) is 5.69 Å². The monoisotopic (exact) mass is 496 g/mol. The minimum absolute atomic E-state index is 0.112. The van der Waals surface area contributed by atoms with Crippen LogP contribution in [0.3, 0.4) is 0 Å². The number of hydrogen-bond acceptors (Lipinski definition) is 6. The maximum absolute atomic E-state index is 13.6. The zero-order chi connectivity index (χ0) is 24.6. The molecular weight excluding hydrogens is 464 g/mol. The number of hydrogen-bond donors (Lipinski definition) is 2. The van der Waals surface area contributed by atoms with Gasteiger partial charge in [0, 0.05) is 41.6 Å². The highest BCUT2D eigenvalue weighted by Gasteiger charge is 2.39. The highest BCUT2D eigenvalue weighted by Crippen LogP contribution is 2.33. The molecule has 0 bridgehead atoms. The van der Waals surface area contributed by atoms with Gasteiger partial charge in [0.05, 0.1) is 48.2 Å². The average molecular weight is 497 g/mol. The van der Waals surface area contributed by atoms with Crippen molar-refractivity contribution in [3.63, 3.8) is 0 Å². The van der Waals surface area contributed by atoms with Gasteiger partial charge in [0.1, 0.15) is 11.9 Å². The van der Waals surface area contributed by atoms with Gasteiger partial charge in [-0.05, 0) is 38.5 Å². The summed E-state index contributed by atoms with van der Waals surface area (Å²) >= 11 is 6.45. The van der Waals surface area contributed by atoms with Crippen molar-refractivity contribution in [3.8, 4) is 0 Å². The molecule has 5 rings (SSSR count). The van der Waals surface area contributed by atoms with Gasteiger partial charge < -0.3 is 19.9 Å². The van der Waals surface area contributed by atoms with Crippen molar-refractivity contribution in [1.82, 2.24) is 19.8 Å². The van der Waals surface area contributed by atoms with Crippen molar-refractivity contribution < 1.29 is 9.53 Å². The van der Waals surface area contributed by atoms with Crippen LogP contribution in [0, 0.1) is 0 Å². The molecule has 1 fully saturated rings. The zero-order valence-corrected chi connectivity index (χ0v) is 21.4. The Morgan fingerprint density at radius 1 is 1.34 bits per heavy atom. The minimum atomic E-state index is -0.431. The second-order valence-corrected chi connectivity index (χ2v) is 10.5. The molecule has 2 aliphatic heterocycles. The lowest BCUT2D eigenvalue weighted by atomic mass is 10.0. The van der Waals surface area contributed by atoms with Crippen LogP contribution >= 0.6 is 11.6 Å². The Kier molecular flexibility index (Phi) is 6.70. The number of amidine groups is 1. The number of morpholine rings is 1. The van der Waals surface area contributed by atoms with E-state index in [1.54, 1.807) is 18.5 Å². The quantitative estimate of drug-likeness (QED) is 0.509. The number of nitrogens with one attached hydrogen (secondary N) is 2. The SMILES string of the molecule is CCCCN1CCN=C1CN1CC(C)(C)OC[C@H]1C(=O)Nc1cc(Cl)cc2c1[nH]c1cnccc12. The van der Waals surface area contributed by atoms with Crippen LogP contribution in [0.2, 0.25) is 5.02 Å². The first kappa shape index (κ1) is 24.0. The number of nitrogens with zero attached hydrogens (tertiary/aromatic N) is 4. The van der Waals surface area contributed by atoms with Crippen LogP contribution in [-0.2, 0) is 9.53 Å². The number of H-pyrrole nitrogens is 1. The fraction of sp³-hybridized carbons (Fsp3) is 0.500. The predicted octanol–water partition coefficient (Wildman–Crippen LogP) is 4.30. The number of anilines is 1. The van der Waals surface area contributed by atoms with Gasteiger partial charge in [-0.2, -0.15) is 0 Å². The van der Waals surface area contributed by atoms with Crippen molar-refractivity contribution in [2.24, 2.45) is 4.99 Å². The molecular formula is C26H33ClN6O2. The smallest absolute Gasteiger partial charge is 0.244 e. The number of rotatable bonds is 7. The lowest BCUT2D eigenvalue weighted by Gasteiger charge is -2.43. The number of aromatic nitrogens is 2. The molecule has 0 aliphatic carbocycles. The number of aliphatic imine (C=N–C) groups is 1. The lowest BCUT2D eigenvalue weighted by Crippen LogP contribution is -2.60. The molecule has 35 heavy (non-hydrogen) atoms. The van der Waals surface area contributed by atoms with Crippen LogP contribution < -0.4 is 5.32 Å². The summed E-state index contributed by atoms with van der Waals surface area (Å²) in [6.07, 6.45) is 5.82. The van der Waals surface area contributed by atoms with E-state index in [1.807, 2.05) is 12.1 Å². The summed E-state index contributed by atoms with van der Waals surface area (Å²) in [7, 11) is 0. The number of benzene rings is 1. The fourth-order valence-electron chi connectivity index (χ4n) is 5.04. The number of carbonyl (C=O) groups is 1. The third kappa shape index (κ3) is 5.01. The Hall–Kier alpha value is -2.68. The van der Waals surface area contributed by atoms with Crippen molar-refractivity contribution in [2.45, 2.75) is 45.3 Å². The van der Waals surface area contributed by atoms with Gasteiger partial charge in [-0.25, -0.2) is 0 Å². The number of ether oxygens (including phenoxy) is 1. The summed E-state index contributed by atoms with van der Waals surface area (Å²) in [4.78, 5) is 30.6. The molecule has 2 aromatic heterocycles. The van der Waals surface area contributed by atoms with Crippen LogP contribution in [-0.4, -0.2) is 82.5 Å². The first-order chi connectivity index (χ1) is 16.8. The number of unbranched alkanes of at least 4 members (excludes halogenated alkanes) is 1. The van der Waals surface area contributed by atoms with Crippen molar-refractivity contribution in [2.75, 3.05) is 44.6 Å². The Morgan fingerprint density at radius 2 is 2.20 bits per heavy atom. The minimum Gasteiger partial charge on any atom is -0.372 e. The molecule has 2 N–H and O–H groups in total. The molecule has 4 heterocycles. The molecule has 0 radical (unpaired) electrons. The van der Waals surface area contributed by atoms with Crippen LogP contribution in [0.25, 0.3) is 21.8 Å². The molecule has 2 aliphatic rings. The van der Waals surface area contributed by atoms with Gasteiger partial charge in [-0.15, -0.1) is 0 Å². The molecule has 0 spiro atoms. The van der Waals surface area contributed by atoms with E-state index < -0.39 is 6.04 Å². The highest BCUT2D eigenvalue weighted by molar-refractivity contribution is 6.33. The summed E-state index contributed by atoms with van der Waals surface area (Å²) in [5, 5.41) is 5.67. The molecule has 186 valence electrons. The van der Waals surface area contributed by atoms with Crippen LogP contribution in [0.15, 0.2) is 35.6 Å². The third-order valence-corrected chi connectivity index (χ3v) is 7.06. The first-order valence-corrected chi connectivity index (χ1v) is 12.7. The van der Waals surface area contributed by atoms with E-state index in [0.29, 0.717) is 30.4 Å². The molecule has 1 atom stereocenters. The number of fused-ring (bicyclic) bond motifs is 3. The molecule has 3 aromatic rings. The van der Waals surface area contributed by atoms with E-state index in [4.69, 9.17) is 21.3 Å². The molecule has 1 saturated heterocycles. The Bertz CT molecular complexity index is 1270. The molecule has 1 aromatic carbocycles. The van der Waals surface area contributed by atoms with Crippen LogP contribution in [0.1, 0.15) is 33.6 Å². The van der Waals surface area contributed by atoms with Gasteiger partial charge in [-0.3, -0.25) is 19.7 Å². The number of pyridine rings is 1. The summed E-state index contributed by atoms with van der Waals surface area (Å²) in [5.74, 6) is 0.960. The van der Waals surface area contributed by atoms with E-state index in [2.05, 4.69) is 45.9 Å². The van der Waals surface area contributed by atoms with Gasteiger partial charge in [0.25, 0.3) is 0 Å². The fourth-order valence-corrected chi connectivity index (χ4v) is 5.26. The zero-order valence-electron chi connectivity index (χ0n) is 20.6. The number of carbonyl (C=O) groups excluding carboxylic acids is 1. The van der Waals surface area contributed by atoms with Crippen molar-refractivity contribution in [3.05, 3.63) is 35.6 Å². The van der Waals surface area contributed by atoms with Crippen molar-refractivity contribution >= 4 is 50.8 Å². The summed E-state index contributed by atoms with van der Waals surface area (Å²) < 4.78 is 6.08. The van der Waals surface area contributed by atoms with Gasteiger partial charge in [0.2, 0.25) is 5.91 Å². The Labute approximate surface area is 210 Å². The standard InChI is InChI=1S/C26H33ClN6O2/c1-4-5-9-32-10-8-29-23(32)14-33-16-26(2,3)35-15-22(33)25(34)31-20-12-17(27)11-19-18-6-7-28-13-21(18)30-24(19)20/h6-7,11-13,22,30H,4-5,8-10,14-16H2,1-3H3,(H,31,34)/t22-/m0/s1. The van der Waals surface area contributed by atoms with E-state index in [-0.39, 0.29) is 11.5 Å². The first-order valence-electron chi connectivity index (χ1n) is 12.4. The summed E-state index contributed by atoms with van der Waals surface area (Å²) in [5.41, 5.74) is 2.05. The third-order valence-electron chi connectivity index (χ3n) is 6.85. The summed E-state index contributed by atoms with van der Waals surface area (Å²) in [6.45, 7) is 10.7. The molecule has 1 amide bonds. The van der Waals surface area contributed by atoms with E-state index in [0.717, 1.165) is 60.1 Å². The van der Waals surface area contributed by atoms with Crippen LogP contribution in [0.5, 0.6) is 0 Å². The van der Waals surface area contributed by atoms with Gasteiger partial charge in [0.15, 0.2) is 0 Å². The normalized spacial score (nSPS) is 20.5. The molecule has 9 heteroatoms. The molecule has 0 saturated carbocycles.